The predicted octanol–water partition coefficient (Wildman–Crippen LogP) is 3.69. The first kappa shape index (κ1) is 13.0. The molecule has 100 valence electrons. The zero-order valence-corrected chi connectivity index (χ0v) is 12.4. The van der Waals surface area contributed by atoms with E-state index in [4.69, 9.17) is 11.6 Å². The third-order valence-corrected chi connectivity index (χ3v) is 6.27. The highest BCUT2D eigenvalue weighted by molar-refractivity contribution is 7.94. The van der Waals surface area contributed by atoms with Crippen LogP contribution in [0.1, 0.15) is 17.5 Å². The summed E-state index contributed by atoms with van der Waals surface area (Å²) in [4.78, 5) is 0. The summed E-state index contributed by atoms with van der Waals surface area (Å²) in [6.07, 6.45) is 3.25. The first-order chi connectivity index (χ1) is 9.04. The van der Waals surface area contributed by atoms with Crippen LogP contribution in [0.4, 0.5) is 5.69 Å². The lowest BCUT2D eigenvalue weighted by Crippen LogP contribution is -2.11. The normalized spacial score (nSPS) is 14.4. The van der Waals surface area contributed by atoms with Crippen molar-refractivity contribution in [2.24, 2.45) is 0 Å². The summed E-state index contributed by atoms with van der Waals surface area (Å²) in [5.41, 5.74) is 3.18. The zero-order chi connectivity index (χ0) is 13.5. The number of thiophene rings is 1. The second-order valence-corrected chi connectivity index (χ2v) is 8.13. The Balaban J connectivity index is 1.89. The molecule has 0 unspecified atom stereocenters. The minimum atomic E-state index is -3.53. The second-order valence-electron chi connectivity index (χ2n) is 4.50. The van der Waals surface area contributed by atoms with Crippen LogP contribution in [0.25, 0.3) is 0 Å². The van der Waals surface area contributed by atoms with Crippen LogP contribution >= 0.6 is 22.9 Å². The van der Waals surface area contributed by atoms with Crippen LogP contribution in [0.2, 0.25) is 4.34 Å². The first-order valence-electron chi connectivity index (χ1n) is 5.94. The van der Waals surface area contributed by atoms with Gasteiger partial charge in [-0.2, -0.15) is 0 Å². The van der Waals surface area contributed by atoms with Gasteiger partial charge in [0.15, 0.2) is 0 Å². The maximum Gasteiger partial charge on any atom is 0.271 e. The predicted molar refractivity (Wildman–Crippen MR) is 78.6 cm³/mol. The molecule has 2 aromatic rings. The molecule has 1 aliphatic rings. The van der Waals surface area contributed by atoms with Crippen molar-refractivity contribution >= 4 is 38.6 Å². The molecule has 0 radical (unpaired) electrons. The Morgan fingerprint density at radius 3 is 2.63 bits per heavy atom. The van der Waals surface area contributed by atoms with Crippen LogP contribution in [0.5, 0.6) is 0 Å². The van der Waals surface area contributed by atoms with Crippen molar-refractivity contribution in [1.29, 1.82) is 0 Å². The Morgan fingerprint density at radius 1 is 1.11 bits per heavy atom. The van der Waals surface area contributed by atoms with E-state index in [2.05, 4.69) is 4.72 Å². The maximum atomic E-state index is 12.2. The lowest BCUT2D eigenvalue weighted by molar-refractivity contribution is 0.603. The van der Waals surface area contributed by atoms with Gasteiger partial charge in [0.2, 0.25) is 0 Å². The summed E-state index contributed by atoms with van der Waals surface area (Å²) in [5.74, 6) is 0. The minimum Gasteiger partial charge on any atom is -0.279 e. The SMILES string of the molecule is O=S(=O)(Nc1ccc2c(c1)CCC2)c1ccc(Cl)s1. The minimum absolute atomic E-state index is 0.234. The van der Waals surface area contributed by atoms with Gasteiger partial charge in [0.1, 0.15) is 4.21 Å². The Kier molecular flexibility index (Phi) is 3.28. The van der Waals surface area contributed by atoms with Gasteiger partial charge in [0.05, 0.1) is 4.34 Å². The van der Waals surface area contributed by atoms with E-state index in [9.17, 15) is 8.42 Å². The molecule has 0 aliphatic heterocycles. The van der Waals surface area contributed by atoms with Gasteiger partial charge in [0.25, 0.3) is 10.0 Å². The quantitative estimate of drug-likeness (QED) is 0.939. The smallest absolute Gasteiger partial charge is 0.271 e. The molecule has 6 heteroatoms. The van der Waals surface area contributed by atoms with Crippen molar-refractivity contribution in [1.82, 2.24) is 0 Å². The van der Waals surface area contributed by atoms with Crippen molar-refractivity contribution < 1.29 is 8.42 Å². The highest BCUT2D eigenvalue weighted by Crippen LogP contribution is 2.29. The molecule has 1 heterocycles. The molecular formula is C13H12ClNO2S2. The molecule has 0 bridgehead atoms. The fraction of sp³-hybridized carbons (Fsp3) is 0.231. The summed E-state index contributed by atoms with van der Waals surface area (Å²) >= 11 is 6.83. The van der Waals surface area contributed by atoms with E-state index >= 15 is 0 Å². The number of benzene rings is 1. The Morgan fingerprint density at radius 2 is 1.89 bits per heavy atom. The molecule has 3 rings (SSSR count). The average molecular weight is 314 g/mol. The molecule has 3 nitrogen and oxygen atoms in total. The number of sulfonamides is 1. The fourth-order valence-electron chi connectivity index (χ4n) is 2.28. The molecule has 19 heavy (non-hydrogen) atoms. The zero-order valence-electron chi connectivity index (χ0n) is 10.0. The van der Waals surface area contributed by atoms with E-state index in [-0.39, 0.29) is 4.21 Å². The first-order valence-corrected chi connectivity index (χ1v) is 8.62. The van der Waals surface area contributed by atoms with E-state index in [0.29, 0.717) is 10.0 Å². The van der Waals surface area contributed by atoms with E-state index < -0.39 is 10.0 Å². The molecular weight excluding hydrogens is 302 g/mol. The Bertz CT molecular complexity index is 722. The lowest BCUT2D eigenvalue weighted by atomic mass is 10.1. The van der Waals surface area contributed by atoms with E-state index in [0.717, 1.165) is 30.6 Å². The Hall–Kier alpha value is -1.04. The molecule has 1 aromatic heterocycles. The molecule has 0 amide bonds. The topological polar surface area (TPSA) is 46.2 Å². The number of hydrogen-bond acceptors (Lipinski definition) is 3. The fourth-order valence-corrected chi connectivity index (χ4v) is 4.82. The highest BCUT2D eigenvalue weighted by Gasteiger charge is 2.18. The van der Waals surface area contributed by atoms with Crippen molar-refractivity contribution in [3.8, 4) is 0 Å². The summed E-state index contributed by atoms with van der Waals surface area (Å²) in [6.45, 7) is 0. The van der Waals surface area contributed by atoms with Gasteiger partial charge in [-0.05, 0) is 54.7 Å². The number of fused-ring (bicyclic) bond motifs is 1. The van der Waals surface area contributed by atoms with Gasteiger partial charge in [-0.25, -0.2) is 8.42 Å². The number of rotatable bonds is 3. The van der Waals surface area contributed by atoms with Crippen molar-refractivity contribution in [2.75, 3.05) is 4.72 Å². The molecule has 0 saturated heterocycles. The molecule has 1 aliphatic carbocycles. The molecule has 1 N–H and O–H groups in total. The largest absolute Gasteiger partial charge is 0.279 e. The third kappa shape index (κ3) is 2.63. The molecule has 1 aromatic carbocycles. The molecule has 0 saturated carbocycles. The van der Waals surface area contributed by atoms with Crippen LogP contribution in [0, 0.1) is 0 Å². The van der Waals surface area contributed by atoms with Crippen molar-refractivity contribution in [3.05, 3.63) is 45.8 Å². The van der Waals surface area contributed by atoms with Crippen molar-refractivity contribution in [2.45, 2.75) is 23.5 Å². The van der Waals surface area contributed by atoms with Crippen LogP contribution in [0.15, 0.2) is 34.5 Å². The van der Waals surface area contributed by atoms with Crippen LogP contribution in [0.3, 0.4) is 0 Å². The molecule has 0 fully saturated rings. The number of aryl methyl sites for hydroxylation is 2. The van der Waals surface area contributed by atoms with Crippen LogP contribution in [-0.4, -0.2) is 8.42 Å². The van der Waals surface area contributed by atoms with E-state index in [1.54, 1.807) is 6.07 Å². The maximum absolute atomic E-state index is 12.2. The van der Waals surface area contributed by atoms with Crippen molar-refractivity contribution in [3.63, 3.8) is 0 Å². The van der Waals surface area contributed by atoms with Crippen LogP contribution in [-0.2, 0) is 22.9 Å². The number of anilines is 1. The molecule has 0 atom stereocenters. The van der Waals surface area contributed by atoms with Crippen LogP contribution < -0.4 is 4.72 Å². The number of halogens is 1. The monoisotopic (exact) mass is 313 g/mol. The lowest BCUT2D eigenvalue weighted by Gasteiger charge is -2.08. The van der Waals surface area contributed by atoms with E-state index in [1.807, 2.05) is 18.2 Å². The van der Waals surface area contributed by atoms with Gasteiger partial charge in [0, 0.05) is 5.69 Å². The van der Waals surface area contributed by atoms with Gasteiger partial charge in [-0.1, -0.05) is 17.7 Å². The summed E-state index contributed by atoms with van der Waals surface area (Å²) < 4.78 is 27.6. The third-order valence-electron chi connectivity index (χ3n) is 3.16. The molecule has 0 spiro atoms. The second kappa shape index (κ2) is 4.81. The number of nitrogens with one attached hydrogen (secondary N) is 1. The number of hydrogen-bond donors (Lipinski definition) is 1. The highest BCUT2D eigenvalue weighted by atomic mass is 35.5. The standard InChI is InChI=1S/C13H12ClNO2S2/c14-12-6-7-13(18-12)19(16,17)15-11-5-4-9-2-1-3-10(9)8-11/h4-8,15H,1-3H2. The Labute approximate surface area is 121 Å². The summed E-state index contributed by atoms with van der Waals surface area (Å²) in [7, 11) is -3.53. The average Bonchev–Trinajstić information content (AvgIpc) is 2.96. The summed E-state index contributed by atoms with van der Waals surface area (Å²) in [5, 5.41) is 0. The van der Waals surface area contributed by atoms with Gasteiger partial charge >= 0.3 is 0 Å². The van der Waals surface area contributed by atoms with Gasteiger partial charge < -0.3 is 0 Å². The summed E-state index contributed by atoms with van der Waals surface area (Å²) in [6, 6.07) is 8.85. The van der Waals surface area contributed by atoms with E-state index in [1.165, 1.54) is 17.2 Å². The van der Waals surface area contributed by atoms with Gasteiger partial charge in [-0.15, -0.1) is 11.3 Å². The van der Waals surface area contributed by atoms with Gasteiger partial charge in [-0.3, -0.25) is 4.72 Å².